The third-order valence-corrected chi connectivity index (χ3v) is 6.14. The van der Waals surface area contributed by atoms with Crippen molar-refractivity contribution in [1.29, 1.82) is 0 Å². The van der Waals surface area contributed by atoms with Crippen LogP contribution in [0.15, 0.2) is 64.5 Å². The van der Waals surface area contributed by atoms with Crippen LogP contribution in [0.4, 0.5) is 0 Å². The normalized spacial score (nSPS) is 11.4. The maximum absolute atomic E-state index is 13.1. The van der Waals surface area contributed by atoms with Gasteiger partial charge < -0.3 is 14.6 Å². The number of amides is 1. The van der Waals surface area contributed by atoms with Gasteiger partial charge in [-0.15, -0.1) is 0 Å². The number of benzene rings is 2. The third-order valence-electron chi connectivity index (χ3n) is 4.34. The number of hydrogen-bond acceptors (Lipinski definition) is 5. The number of sulfone groups is 1. The summed E-state index contributed by atoms with van der Waals surface area (Å²) in [7, 11) is -2.52. The van der Waals surface area contributed by atoms with E-state index in [0.29, 0.717) is 10.9 Å². The fraction of sp³-hybridized carbons (Fsp3) is 0.200. The zero-order chi connectivity index (χ0) is 20.3. The first-order chi connectivity index (χ1) is 13.3. The molecule has 0 radical (unpaired) electrons. The molecule has 1 aromatic heterocycles. The van der Waals surface area contributed by atoms with Crippen molar-refractivity contribution in [1.82, 2.24) is 9.88 Å². The van der Waals surface area contributed by atoms with Crippen molar-refractivity contribution in [3.05, 3.63) is 60.3 Å². The lowest BCUT2D eigenvalue weighted by Crippen LogP contribution is -2.32. The summed E-state index contributed by atoms with van der Waals surface area (Å²) >= 11 is 0. The minimum atomic E-state index is -3.75. The zero-order valence-electron chi connectivity index (χ0n) is 15.5. The van der Waals surface area contributed by atoms with Crippen LogP contribution in [0.2, 0.25) is 0 Å². The van der Waals surface area contributed by atoms with E-state index in [1.807, 2.05) is 6.92 Å². The van der Waals surface area contributed by atoms with E-state index in [9.17, 15) is 18.0 Å². The molecule has 0 aliphatic rings. The molecule has 7 nitrogen and oxygen atoms in total. The van der Waals surface area contributed by atoms with Crippen molar-refractivity contribution in [3.8, 4) is 0 Å². The van der Waals surface area contributed by atoms with Crippen LogP contribution in [-0.2, 0) is 30.7 Å². The summed E-state index contributed by atoms with van der Waals surface area (Å²) in [5, 5.41) is 2.98. The number of carbonyl (C=O) groups excluding carboxylic acids is 2. The molecular formula is C20H20N2O5S. The molecule has 8 heteroatoms. The molecule has 1 amide bonds. The minimum Gasteiger partial charge on any atom is -0.468 e. The summed E-state index contributed by atoms with van der Waals surface area (Å²) in [5.74, 6) is -0.987. The number of para-hydroxylation sites is 1. The predicted molar refractivity (Wildman–Crippen MR) is 104 cm³/mol. The molecule has 1 heterocycles. The van der Waals surface area contributed by atoms with Crippen LogP contribution in [0.25, 0.3) is 10.9 Å². The molecule has 0 aliphatic carbocycles. The molecule has 0 aliphatic heterocycles. The van der Waals surface area contributed by atoms with E-state index >= 15 is 0 Å². The van der Waals surface area contributed by atoms with Gasteiger partial charge in [0.15, 0.2) is 0 Å². The number of fused-ring (bicyclic) bond motifs is 1. The van der Waals surface area contributed by atoms with Gasteiger partial charge in [-0.2, -0.15) is 0 Å². The highest BCUT2D eigenvalue weighted by Gasteiger charge is 2.23. The van der Waals surface area contributed by atoms with Crippen LogP contribution >= 0.6 is 0 Å². The molecule has 0 saturated heterocycles. The molecule has 28 heavy (non-hydrogen) atoms. The van der Waals surface area contributed by atoms with Crippen molar-refractivity contribution in [2.75, 3.05) is 13.7 Å². The third kappa shape index (κ3) is 3.91. The highest BCUT2D eigenvalue weighted by atomic mass is 32.2. The first-order valence-corrected chi connectivity index (χ1v) is 10.0. The Kier molecular flexibility index (Phi) is 5.51. The first-order valence-electron chi connectivity index (χ1n) is 8.56. The second kappa shape index (κ2) is 7.85. The largest absolute Gasteiger partial charge is 0.468 e. The van der Waals surface area contributed by atoms with E-state index in [1.54, 1.807) is 53.1 Å². The van der Waals surface area contributed by atoms with Gasteiger partial charge in [0, 0.05) is 17.1 Å². The molecule has 0 atom stereocenters. The summed E-state index contributed by atoms with van der Waals surface area (Å²) < 4.78 is 32.3. The van der Waals surface area contributed by atoms with Gasteiger partial charge in [-0.3, -0.25) is 9.59 Å². The summed E-state index contributed by atoms with van der Waals surface area (Å²) in [6.45, 7) is 1.51. The highest BCUT2D eigenvalue weighted by molar-refractivity contribution is 7.91. The van der Waals surface area contributed by atoms with Gasteiger partial charge in [0.25, 0.3) is 0 Å². The average molecular weight is 400 g/mol. The van der Waals surface area contributed by atoms with Crippen LogP contribution in [0.5, 0.6) is 0 Å². The van der Waals surface area contributed by atoms with E-state index in [-0.39, 0.29) is 22.9 Å². The monoisotopic (exact) mass is 400 g/mol. The quantitative estimate of drug-likeness (QED) is 0.639. The van der Waals surface area contributed by atoms with E-state index in [2.05, 4.69) is 10.1 Å². The summed E-state index contributed by atoms with van der Waals surface area (Å²) in [6.07, 6.45) is 1.46. The van der Waals surface area contributed by atoms with E-state index < -0.39 is 21.7 Å². The summed E-state index contributed by atoms with van der Waals surface area (Å²) in [6, 6.07) is 13.6. The maximum atomic E-state index is 13.1. The Morgan fingerprint density at radius 3 is 2.43 bits per heavy atom. The van der Waals surface area contributed by atoms with Crippen LogP contribution in [0, 0.1) is 6.92 Å². The van der Waals surface area contributed by atoms with Gasteiger partial charge in [-0.1, -0.05) is 35.9 Å². The number of nitrogens with one attached hydrogen (secondary N) is 1. The first kappa shape index (κ1) is 19.6. The van der Waals surface area contributed by atoms with Gasteiger partial charge in [0.05, 0.1) is 16.9 Å². The molecule has 0 bridgehead atoms. The number of aryl methyl sites for hydroxylation is 1. The standard InChI is InChI=1S/C20H20N2O5S/c1-14-7-9-15(10-8-14)28(25,26)18-12-22(17-6-4-3-5-16(17)18)13-19(23)21-11-20(24)27-2/h3-10,12H,11,13H2,1-2H3,(H,21,23). The lowest BCUT2D eigenvalue weighted by molar-refractivity contribution is -0.141. The molecule has 146 valence electrons. The van der Waals surface area contributed by atoms with Crippen molar-refractivity contribution in [2.24, 2.45) is 0 Å². The lowest BCUT2D eigenvalue weighted by Gasteiger charge is -2.06. The predicted octanol–water partition coefficient (Wildman–Crippen LogP) is 2.07. The van der Waals surface area contributed by atoms with Gasteiger partial charge in [0.1, 0.15) is 13.1 Å². The van der Waals surface area contributed by atoms with Crippen LogP contribution in [0.3, 0.4) is 0 Å². The number of methoxy groups -OCH3 is 1. The molecule has 0 unspecified atom stereocenters. The molecule has 0 spiro atoms. The Morgan fingerprint density at radius 2 is 1.75 bits per heavy atom. The van der Waals surface area contributed by atoms with Crippen LogP contribution in [0.1, 0.15) is 5.56 Å². The fourth-order valence-electron chi connectivity index (χ4n) is 2.86. The fourth-order valence-corrected chi connectivity index (χ4v) is 4.33. The van der Waals surface area contributed by atoms with Gasteiger partial charge in [0.2, 0.25) is 15.7 Å². The minimum absolute atomic E-state index is 0.124. The number of nitrogens with zero attached hydrogens (tertiary/aromatic N) is 1. The van der Waals surface area contributed by atoms with Crippen molar-refractivity contribution in [2.45, 2.75) is 23.3 Å². The zero-order valence-corrected chi connectivity index (χ0v) is 16.3. The van der Waals surface area contributed by atoms with Gasteiger partial charge in [-0.05, 0) is 25.1 Å². The highest BCUT2D eigenvalue weighted by Crippen LogP contribution is 2.30. The Balaban J connectivity index is 1.98. The number of ether oxygens (including phenoxy) is 1. The molecule has 2 aromatic carbocycles. The Labute approximate surface area is 162 Å². The van der Waals surface area contributed by atoms with Crippen LogP contribution in [-0.4, -0.2) is 38.5 Å². The molecule has 0 saturated carbocycles. The molecule has 3 rings (SSSR count). The second-order valence-corrected chi connectivity index (χ2v) is 8.23. The molecule has 3 aromatic rings. The average Bonchev–Trinajstić information content (AvgIpc) is 3.06. The number of esters is 1. The Hall–Kier alpha value is -3.13. The lowest BCUT2D eigenvalue weighted by atomic mass is 10.2. The SMILES string of the molecule is COC(=O)CNC(=O)Cn1cc(S(=O)(=O)c2ccc(C)cc2)c2ccccc21. The van der Waals surface area contributed by atoms with E-state index in [0.717, 1.165) is 5.56 Å². The van der Waals surface area contributed by atoms with Crippen molar-refractivity contribution < 1.29 is 22.7 Å². The second-order valence-electron chi connectivity index (χ2n) is 6.31. The smallest absolute Gasteiger partial charge is 0.325 e. The van der Waals surface area contributed by atoms with Crippen molar-refractivity contribution >= 4 is 32.6 Å². The number of carbonyl (C=O) groups is 2. The Bertz CT molecular complexity index is 1130. The Morgan fingerprint density at radius 1 is 1.07 bits per heavy atom. The van der Waals surface area contributed by atoms with E-state index in [4.69, 9.17) is 0 Å². The van der Waals surface area contributed by atoms with Gasteiger partial charge >= 0.3 is 5.97 Å². The summed E-state index contributed by atoms with van der Waals surface area (Å²) in [5.41, 5.74) is 1.57. The van der Waals surface area contributed by atoms with Crippen LogP contribution < -0.4 is 5.32 Å². The van der Waals surface area contributed by atoms with Crippen molar-refractivity contribution in [3.63, 3.8) is 0 Å². The number of hydrogen-bond donors (Lipinski definition) is 1. The number of rotatable bonds is 6. The number of aromatic nitrogens is 1. The summed E-state index contributed by atoms with van der Waals surface area (Å²) in [4.78, 5) is 23.7. The van der Waals surface area contributed by atoms with Gasteiger partial charge in [-0.25, -0.2) is 8.42 Å². The molecular weight excluding hydrogens is 380 g/mol. The molecule has 1 N–H and O–H groups in total. The van der Waals surface area contributed by atoms with E-state index in [1.165, 1.54) is 13.3 Å². The maximum Gasteiger partial charge on any atom is 0.325 e. The molecule has 0 fully saturated rings. The topological polar surface area (TPSA) is 94.5 Å².